The van der Waals surface area contributed by atoms with E-state index in [-0.39, 0.29) is 0 Å². The summed E-state index contributed by atoms with van der Waals surface area (Å²) in [5.41, 5.74) is 11.8. The lowest BCUT2D eigenvalue weighted by atomic mass is 10.1. The number of ether oxygens (including phenoxy) is 1. The van der Waals surface area contributed by atoms with E-state index >= 15 is 0 Å². The molecule has 12 heavy (non-hydrogen) atoms. The van der Waals surface area contributed by atoms with Gasteiger partial charge in [0.2, 0.25) is 0 Å². The quantitative estimate of drug-likeness (QED) is 0.436. The molecule has 1 unspecified atom stereocenters. The van der Waals surface area contributed by atoms with E-state index in [1.165, 1.54) is 7.11 Å². The van der Waals surface area contributed by atoms with E-state index in [1.54, 1.807) is 18.2 Å². The minimum absolute atomic E-state index is 0.384. The van der Waals surface area contributed by atoms with Crippen LogP contribution in [0.25, 0.3) is 0 Å². The van der Waals surface area contributed by atoms with Crippen molar-refractivity contribution in [3.05, 3.63) is 23.8 Å². The third-order valence-electron chi connectivity index (χ3n) is 1.64. The molecule has 0 aliphatic heterocycles. The second-order valence-corrected chi connectivity index (χ2v) is 2.41. The zero-order valence-corrected chi connectivity index (χ0v) is 6.82. The molecule has 0 spiro atoms. The van der Waals surface area contributed by atoms with Gasteiger partial charge in [-0.05, 0) is 6.07 Å². The molecule has 0 saturated carbocycles. The van der Waals surface area contributed by atoms with Crippen molar-refractivity contribution in [3.63, 3.8) is 0 Å². The summed E-state index contributed by atoms with van der Waals surface area (Å²) in [6.45, 7) is 0. The van der Waals surface area contributed by atoms with E-state index in [4.69, 9.17) is 21.3 Å². The first-order chi connectivity index (χ1) is 5.66. The third-order valence-corrected chi connectivity index (χ3v) is 1.64. The number of hydrogen-bond acceptors (Lipinski definition) is 4. The van der Waals surface area contributed by atoms with Crippen molar-refractivity contribution in [1.29, 1.82) is 0 Å². The maximum Gasteiger partial charge on any atom is 0.142 e. The van der Waals surface area contributed by atoms with Gasteiger partial charge in [0.25, 0.3) is 0 Å². The van der Waals surface area contributed by atoms with Crippen molar-refractivity contribution in [2.45, 2.75) is 6.23 Å². The van der Waals surface area contributed by atoms with Crippen LogP contribution in [0, 0.1) is 0 Å². The van der Waals surface area contributed by atoms with E-state index in [0.29, 0.717) is 17.0 Å². The Labute approximate surface area is 70.7 Å². The Kier molecular flexibility index (Phi) is 2.52. The highest BCUT2D eigenvalue weighted by molar-refractivity contribution is 5.58. The van der Waals surface area contributed by atoms with Crippen LogP contribution >= 0.6 is 0 Å². The number of rotatable bonds is 2. The lowest BCUT2D eigenvalue weighted by Crippen LogP contribution is -2.11. The highest BCUT2D eigenvalue weighted by Gasteiger charge is 2.08. The van der Waals surface area contributed by atoms with Crippen LogP contribution in [0.15, 0.2) is 18.2 Å². The van der Waals surface area contributed by atoms with E-state index < -0.39 is 6.23 Å². The first-order valence-electron chi connectivity index (χ1n) is 3.53. The highest BCUT2D eigenvalue weighted by atomic mass is 16.5. The molecular formula is C8H12N2O2. The summed E-state index contributed by atoms with van der Waals surface area (Å²) in [5, 5.41) is 9.07. The molecule has 1 atom stereocenters. The van der Waals surface area contributed by atoms with E-state index in [9.17, 15) is 0 Å². The van der Waals surface area contributed by atoms with Crippen molar-refractivity contribution >= 4 is 5.69 Å². The maximum absolute atomic E-state index is 9.07. The number of nitrogens with two attached hydrogens (primary N) is 2. The minimum Gasteiger partial charge on any atom is -0.495 e. The zero-order valence-electron chi connectivity index (χ0n) is 6.82. The number of methoxy groups -OCH3 is 1. The van der Waals surface area contributed by atoms with Crippen LogP contribution in [-0.2, 0) is 0 Å². The number of aliphatic hydroxyl groups is 1. The molecule has 0 aliphatic carbocycles. The van der Waals surface area contributed by atoms with Gasteiger partial charge in [-0.15, -0.1) is 0 Å². The van der Waals surface area contributed by atoms with E-state index in [2.05, 4.69) is 0 Å². The predicted octanol–water partition coefficient (Wildman–Crippen LogP) is 0.227. The van der Waals surface area contributed by atoms with Gasteiger partial charge in [-0.2, -0.15) is 0 Å². The van der Waals surface area contributed by atoms with Crippen LogP contribution < -0.4 is 16.2 Å². The van der Waals surface area contributed by atoms with Crippen LogP contribution in [0.5, 0.6) is 5.75 Å². The van der Waals surface area contributed by atoms with Crippen LogP contribution in [0.2, 0.25) is 0 Å². The molecule has 1 aromatic carbocycles. The van der Waals surface area contributed by atoms with Gasteiger partial charge in [-0.3, -0.25) is 0 Å². The molecule has 0 aliphatic rings. The van der Waals surface area contributed by atoms with Gasteiger partial charge in [0.05, 0.1) is 12.8 Å². The fourth-order valence-corrected chi connectivity index (χ4v) is 0.997. The van der Waals surface area contributed by atoms with Gasteiger partial charge in [0.15, 0.2) is 0 Å². The van der Waals surface area contributed by atoms with Gasteiger partial charge in [-0.25, -0.2) is 0 Å². The number of nitrogen functional groups attached to an aromatic ring is 1. The smallest absolute Gasteiger partial charge is 0.142 e. The van der Waals surface area contributed by atoms with Gasteiger partial charge in [0.1, 0.15) is 12.0 Å². The fourth-order valence-electron chi connectivity index (χ4n) is 0.997. The summed E-state index contributed by atoms with van der Waals surface area (Å²) in [7, 11) is 1.51. The summed E-state index contributed by atoms with van der Waals surface area (Å²) in [6, 6.07) is 5.09. The second-order valence-electron chi connectivity index (χ2n) is 2.41. The average Bonchev–Trinajstić information content (AvgIpc) is 2.04. The van der Waals surface area contributed by atoms with Crippen molar-refractivity contribution in [1.82, 2.24) is 0 Å². The summed E-state index contributed by atoms with van der Waals surface area (Å²) in [4.78, 5) is 0. The molecule has 4 nitrogen and oxygen atoms in total. The lowest BCUT2D eigenvalue weighted by molar-refractivity contribution is 0.186. The Bertz CT molecular complexity index is 274. The molecule has 0 aromatic heterocycles. The van der Waals surface area contributed by atoms with Crippen molar-refractivity contribution < 1.29 is 9.84 Å². The number of aliphatic hydroxyl groups excluding tert-OH is 1. The summed E-state index contributed by atoms with van der Waals surface area (Å²) < 4.78 is 4.94. The number of para-hydroxylation sites is 1. The fraction of sp³-hybridized carbons (Fsp3) is 0.250. The van der Waals surface area contributed by atoms with Crippen molar-refractivity contribution in [2.24, 2.45) is 5.73 Å². The average molecular weight is 168 g/mol. The molecule has 0 radical (unpaired) electrons. The van der Waals surface area contributed by atoms with Gasteiger partial charge in [0, 0.05) is 5.56 Å². The minimum atomic E-state index is -1.06. The van der Waals surface area contributed by atoms with Gasteiger partial charge >= 0.3 is 0 Å². The predicted molar refractivity (Wildman–Crippen MR) is 46.6 cm³/mol. The Morgan fingerprint density at radius 1 is 1.50 bits per heavy atom. The largest absolute Gasteiger partial charge is 0.495 e. The maximum atomic E-state index is 9.07. The Balaban J connectivity index is 3.14. The van der Waals surface area contributed by atoms with E-state index in [0.717, 1.165) is 0 Å². The molecule has 66 valence electrons. The zero-order chi connectivity index (χ0) is 9.14. The molecule has 5 N–H and O–H groups in total. The Morgan fingerprint density at radius 2 is 2.17 bits per heavy atom. The first-order valence-corrected chi connectivity index (χ1v) is 3.53. The monoisotopic (exact) mass is 168 g/mol. The number of benzene rings is 1. The number of hydrogen-bond donors (Lipinski definition) is 3. The molecule has 4 heteroatoms. The lowest BCUT2D eigenvalue weighted by Gasteiger charge is -2.11. The number of anilines is 1. The normalized spacial score (nSPS) is 12.6. The molecule has 1 aromatic rings. The standard InChI is InChI=1S/C8H12N2O2/c1-12-6-4-2-3-5(7(6)9)8(10)11/h2-4,8,11H,9-10H2,1H3. The third kappa shape index (κ3) is 1.49. The molecule has 0 heterocycles. The van der Waals surface area contributed by atoms with E-state index in [1.807, 2.05) is 0 Å². The Hall–Kier alpha value is -1.26. The summed E-state index contributed by atoms with van der Waals surface area (Å²) in [5.74, 6) is 0.525. The molecular weight excluding hydrogens is 156 g/mol. The van der Waals surface area contributed by atoms with Gasteiger partial charge in [-0.1, -0.05) is 12.1 Å². The van der Waals surface area contributed by atoms with Crippen molar-refractivity contribution in [2.75, 3.05) is 12.8 Å². The molecule has 0 fully saturated rings. The van der Waals surface area contributed by atoms with Crippen LogP contribution in [0.3, 0.4) is 0 Å². The molecule has 0 saturated heterocycles. The SMILES string of the molecule is COc1cccc(C(N)O)c1N. The van der Waals surface area contributed by atoms with Crippen molar-refractivity contribution in [3.8, 4) is 5.75 Å². The Morgan fingerprint density at radius 3 is 2.67 bits per heavy atom. The molecule has 0 amide bonds. The summed E-state index contributed by atoms with van der Waals surface area (Å²) in [6.07, 6.45) is -1.06. The molecule has 0 bridgehead atoms. The highest BCUT2D eigenvalue weighted by Crippen LogP contribution is 2.27. The van der Waals surface area contributed by atoms with Crippen LogP contribution in [0.4, 0.5) is 5.69 Å². The topological polar surface area (TPSA) is 81.5 Å². The second kappa shape index (κ2) is 3.42. The van der Waals surface area contributed by atoms with Crippen LogP contribution in [0.1, 0.15) is 11.8 Å². The van der Waals surface area contributed by atoms with Crippen LogP contribution in [-0.4, -0.2) is 12.2 Å². The molecule has 1 rings (SSSR count). The summed E-state index contributed by atoms with van der Waals surface area (Å²) >= 11 is 0. The van der Waals surface area contributed by atoms with Gasteiger partial charge < -0.3 is 21.3 Å². The first kappa shape index (κ1) is 8.83.